The van der Waals surface area contributed by atoms with Crippen LogP contribution in [0.2, 0.25) is 0 Å². The van der Waals surface area contributed by atoms with E-state index in [2.05, 4.69) is 51.0 Å². The zero-order chi connectivity index (χ0) is 32.6. The summed E-state index contributed by atoms with van der Waals surface area (Å²) < 4.78 is 5.92. The first-order chi connectivity index (χ1) is 21.4. The summed E-state index contributed by atoms with van der Waals surface area (Å²) in [5.74, 6) is 7.34. The van der Waals surface area contributed by atoms with Gasteiger partial charge in [-0.25, -0.2) is 4.79 Å². The number of hydrogen-bond acceptors (Lipinski definition) is 6. The van der Waals surface area contributed by atoms with Crippen LogP contribution in [0.3, 0.4) is 0 Å². The molecule has 4 aliphatic rings. The van der Waals surface area contributed by atoms with Crippen molar-refractivity contribution in [2.24, 2.45) is 57.1 Å². The van der Waals surface area contributed by atoms with Crippen LogP contribution < -0.4 is 11.1 Å². The lowest BCUT2D eigenvalue weighted by Crippen LogP contribution is -2.51. The van der Waals surface area contributed by atoms with E-state index in [0.29, 0.717) is 30.1 Å². The Kier molecular flexibility index (Phi) is 13.7. The minimum Gasteiger partial charge on any atom is -0.446 e. The summed E-state index contributed by atoms with van der Waals surface area (Å²) in [5.41, 5.74) is 8.37. The summed E-state index contributed by atoms with van der Waals surface area (Å²) in [6, 6.07) is 0. The number of allylic oxidation sites excluding steroid dienone is 1. The molecule has 0 heterocycles. The Balaban J connectivity index is 1.21. The minimum atomic E-state index is -0.335. The van der Waals surface area contributed by atoms with Gasteiger partial charge in [-0.1, -0.05) is 87.1 Å². The van der Waals surface area contributed by atoms with Gasteiger partial charge in [0.2, 0.25) is 0 Å². The molecule has 0 saturated heterocycles. The Morgan fingerprint density at radius 2 is 1.87 bits per heavy atom. The number of hydrogen-bond donors (Lipinski definition) is 2. The third kappa shape index (κ3) is 9.48. The molecule has 45 heavy (non-hydrogen) atoms. The third-order valence-electron chi connectivity index (χ3n) is 12.2. The van der Waals surface area contributed by atoms with Gasteiger partial charge in [-0.05, 0) is 105 Å². The molecule has 4 rings (SSSR count). The Morgan fingerprint density at radius 3 is 2.62 bits per heavy atom. The van der Waals surface area contributed by atoms with E-state index in [4.69, 9.17) is 10.5 Å². The zero-order valence-corrected chi connectivity index (χ0v) is 30.8. The molecule has 3 N–H and O–H groups in total. The number of ketones is 1. The summed E-state index contributed by atoms with van der Waals surface area (Å²) in [6.07, 6.45) is 17.9. The Morgan fingerprint density at radius 1 is 1.07 bits per heavy atom. The molecule has 6 nitrogen and oxygen atoms in total. The second-order valence-electron chi connectivity index (χ2n) is 15.7. The highest BCUT2D eigenvalue weighted by atomic mass is 33.1. The number of fused-ring (bicyclic) bond motifs is 5. The highest BCUT2D eigenvalue weighted by Crippen LogP contribution is 2.67. The van der Waals surface area contributed by atoms with Crippen molar-refractivity contribution >= 4 is 39.3 Å². The molecule has 0 radical (unpaired) electrons. The van der Waals surface area contributed by atoms with Crippen LogP contribution >= 0.6 is 21.6 Å². The molecule has 0 aromatic heterocycles. The molecule has 8 unspecified atom stereocenters. The van der Waals surface area contributed by atoms with Crippen LogP contribution in [0, 0.1) is 46.3 Å². The van der Waals surface area contributed by atoms with Gasteiger partial charge in [0.05, 0.1) is 18.1 Å². The fourth-order valence-corrected chi connectivity index (χ4v) is 12.0. The number of carbonyl (C=O) groups excluding carboxylic acids is 2. The van der Waals surface area contributed by atoms with Gasteiger partial charge in [-0.3, -0.25) is 9.79 Å². The summed E-state index contributed by atoms with van der Waals surface area (Å²) in [7, 11) is 3.29. The maximum absolute atomic E-state index is 12.6. The van der Waals surface area contributed by atoms with E-state index < -0.39 is 0 Å². The summed E-state index contributed by atoms with van der Waals surface area (Å²) in [4.78, 5) is 28.0. The van der Waals surface area contributed by atoms with Crippen LogP contribution in [-0.4, -0.2) is 48.4 Å². The Hall–Kier alpha value is -1.15. The smallest absolute Gasteiger partial charge is 0.407 e. The maximum Gasteiger partial charge on any atom is 0.407 e. The molecular formula is C37H63N3O3S2. The van der Waals surface area contributed by atoms with Gasteiger partial charge in [-0.2, -0.15) is 0 Å². The minimum absolute atomic E-state index is 0.0378. The van der Waals surface area contributed by atoms with Crippen LogP contribution in [0.25, 0.3) is 0 Å². The predicted octanol–water partition coefficient (Wildman–Crippen LogP) is 9.23. The van der Waals surface area contributed by atoms with Gasteiger partial charge in [0.15, 0.2) is 0 Å². The molecule has 8 heteroatoms. The molecule has 0 spiro atoms. The van der Waals surface area contributed by atoms with Gasteiger partial charge >= 0.3 is 6.09 Å². The van der Waals surface area contributed by atoms with E-state index in [-0.39, 0.29) is 23.4 Å². The molecule has 0 bridgehead atoms. The number of carbonyl (C=O) groups is 2. The first-order valence-electron chi connectivity index (χ1n) is 18.1. The van der Waals surface area contributed by atoms with Crippen molar-refractivity contribution in [3.8, 4) is 0 Å². The monoisotopic (exact) mass is 661 g/mol. The van der Waals surface area contributed by atoms with Crippen molar-refractivity contribution in [2.45, 2.75) is 131 Å². The number of ether oxygens (including phenoxy) is 1. The molecule has 3 fully saturated rings. The molecule has 3 saturated carbocycles. The SMILES string of the molecule is CC(=O)CSSCCCC(N)=NCCNC(=O)OC1CCC2(C)C(=CCC3C2CCC2(C)C(C(C)CCCC(C)C)CCC32)C1. The predicted molar refractivity (Wildman–Crippen MR) is 193 cm³/mol. The van der Waals surface area contributed by atoms with Crippen molar-refractivity contribution in [2.75, 3.05) is 24.6 Å². The lowest BCUT2D eigenvalue weighted by molar-refractivity contribution is -0.114. The van der Waals surface area contributed by atoms with Crippen LogP contribution in [0.1, 0.15) is 125 Å². The number of aliphatic imine (C=N–C) groups is 1. The van der Waals surface area contributed by atoms with E-state index in [1.54, 1.807) is 34.1 Å². The molecule has 8 atom stereocenters. The Bertz CT molecular complexity index is 1060. The van der Waals surface area contributed by atoms with Crippen molar-refractivity contribution in [1.82, 2.24) is 5.32 Å². The first-order valence-corrected chi connectivity index (χ1v) is 20.6. The van der Waals surface area contributed by atoms with Crippen LogP contribution in [0.4, 0.5) is 4.79 Å². The number of Topliss-reactive ketones (excluding diaryl/α,β-unsaturated/α-hetero) is 1. The molecule has 0 aliphatic heterocycles. The van der Waals surface area contributed by atoms with Crippen molar-refractivity contribution in [1.29, 1.82) is 0 Å². The summed E-state index contributed by atoms with van der Waals surface area (Å²) in [6.45, 7) is 15.0. The second-order valence-corrected chi connectivity index (χ2v) is 18.3. The van der Waals surface area contributed by atoms with E-state index in [1.807, 2.05) is 0 Å². The fourth-order valence-electron chi connectivity index (χ4n) is 9.88. The van der Waals surface area contributed by atoms with Crippen molar-refractivity contribution in [3.05, 3.63) is 11.6 Å². The molecule has 256 valence electrons. The topological polar surface area (TPSA) is 93.8 Å². The number of amides is 1. The van der Waals surface area contributed by atoms with Crippen LogP contribution in [0.5, 0.6) is 0 Å². The van der Waals surface area contributed by atoms with Gasteiger partial charge < -0.3 is 15.8 Å². The maximum atomic E-state index is 12.6. The van der Waals surface area contributed by atoms with E-state index in [1.165, 1.54) is 51.4 Å². The number of nitrogens with two attached hydrogens (primary N) is 1. The number of alkyl carbamates (subject to hydrolysis) is 1. The lowest BCUT2D eigenvalue weighted by atomic mass is 9.47. The molecule has 0 aromatic carbocycles. The number of rotatable bonds is 16. The first kappa shape index (κ1) is 36.7. The standard InChI is InChI=1S/C37H63N3O3S2/c1-25(2)9-7-10-26(3)31-14-15-32-30-13-12-28-23-29(16-18-36(28,5)33(30)17-19-37(31,32)6)43-35(42)40-21-20-39-34(38)11-8-22-44-45-24-27(4)41/h12,25-26,29-33H,7-11,13-24H2,1-6H3,(H2,38,39)(H,40,42). The summed E-state index contributed by atoms with van der Waals surface area (Å²) in [5, 5.41) is 2.88. The highest BCUT2D eigenvalue weighted by molar-refractivity contribution is 8.76. The summed E-state index contributed by atoms with van der Waals surface area (Å²) >= 11 is 0. The van der Waals surface area contributed by atoms with E-state index in [9.17, 15) is 9.59 Å². The highest BCUT2D eigenvalue weighted by Gasteiger charge is 2.59. The molecule has 1 amide bonds. The molecule has 4 aliphatic carbocycles. The Labute approximate surface area is 282 Å². The average Bonchev–Trinajstić information content (AvgIpc) is 3.34. The van der Waals surface area contributed by atoms with Crippen molar-refractivity contribution < 1.29 is 14.3 Å². The molecular weight excluding hydrogens is 599 g/mol. The van der Waals surface area contributed by atoms with Crippen molar-refractivity contribution in [3.63, 3.8) is 0 Å². The van der Waals surface area contributed by atoms with Gasteiger partial charge in [0.1, 0.15) is 11.9 Å². The number of amidine groups is 1. The molecule has 0 aromatic rings. The number of nitrogens with one attached hydrogen (secondary N) is 1. The van der Waals surface area contributed by atoms with E-state index in [0.717, 1.165) is 73.4 Å². The van der Waals surface area contributed by atoms with Gasteiger partial charge in [0.25, 0.3) is 0 Å². The fraction of sp³-hybridized carbons (Fsp3) is 0.865. The largest absolute Gasteiger partial charge is 0.446 e. The quantitative estimate of drug-likeness (QED) is 0.0563. The van der Waals surface area contributed by atoms with Crippen LogP contribution in [0.15, 0.2) is 16.6 Å². The lowest BCUT2D eigenvalue weighted by Gasteiger charge is -2.58. The third-order valence-corrected chi connectivity index (χ3v) is 14.7. The van der Waals surface area contributed by atoms with E-state index >= 15 is 0 Å². The van der Waals surface area contributed by atoms with Gasteiger partial charge in [-0.15, -0.1) is 0 Å². The zero-order valence-electron chi connectivity index (χ0n) is 29.2. The average molecular weight is 662 g/mol. The number of nitrogens with zero attached hydrogens (tertiary/aromatic N) is 1. The normalized spacial score (nSPS) is 33.5. The second kappa shape index (κ2) is 16.8. The van der Waals surface area contributed by atoms with Crippen LogP contribution in [-0.2, 0) is 9.53 Å². The van der Waals surface area contributed by atoms with Gasteiger partial charge in [0, 0.05) is 25.1 Å².